The Labute approximate surface area is 200 Å². The first-order chi connectivity index (χ1) is 16.6. The van der Waals surface area contributed by atoms with Crippen molar-refractivity contribution in [2.24, 2.45) is 5.92 Å². The third kappa shape index (κ3) is 4.03. The molecule has 5 rings (SSSR count). The van der Waals surface area contributed by atoms with E-state index in [0.29, 0.717) is 24.7 Å². The van der Waals surface area contributed by atoms with Crippen LogP contribution in [-0.4, -0.2) is 17.7 Å². The molecule has 0 amide bonds. The maximum atomic E-state index is 11.7. The van der Waals surface area contributed by atoms with Gasteiger partial charge in [-0.15, -0.1) is 0 Å². The average molecular weight is 456 g/mol. The van der Waals surface area contributed by atoms with Gasteiger partial charge in [-0.05, 0) is 66.6 Å². The summed E-state index contributed by atoms with van der Waals surface area (Å²) in [6, 6.07) is 20.0. The molecule has 3 atom stereocenters. The number of rotatable bonds is 7. The molecule has 0 saturated heterocycles. The van der Waals surface area contributed by atoms with Crippen LogP contribution < -0.4 is 14.8 Å². The van der Waals surface area contributed by atoms with Gasteiger partial charge in [0.05, 0.1) is 18.2 Å². The first-order valence-corrected chi connectivity index (χ1v) is 11.8. The molecule has 174 valence electrons. The Morgan fingerprint density at radius 3 is 2.65 bits per heavy atom. The minimum absolute atomic E-state index is 0.0395. The predicted molar refractivity (Wildman–Crippen MR) is 133 cm³/mol. The van der Waals surface area contributed by atoms with Gasteiger partial charge in [-0.2, -0.15) is 0 Å². The van der Waals surface area contributed by atoms with Crippen molar-refractivity contribution in [1.82, 2.24) is 0 Å². The molecule has 0 fully saturated rings. The minimum atomic E-state index is -0.902. The van der Waals surface area contributed by atoms with Crippen LogP contribution in [-0.2, 0) is 6.61 Å². The number of carboxylic acids is 1. The molecule has 1 aliphatic carbocycles. The molecule has 0 unspecified atom stereocenters. The highest BCUT2D eigenvalue weighted by molar-refractivity contribution is 5.92. The summed E-state index contributed by atoms with van der Waals surface area (Å²) in [5.41, 5.74) is 5.43. The topological polar surface area (TPSA) is 67.8 Å². The van der Waals surface area contributed by atoms with E-state index in [2.05, 4.69) is 29.6 Å². The van der Waals surface area contributed by atoms with Crippen LogP contribution in [0.4, 0.5) is 5.69 Å². The van der Waals surface area contributed by atoms with E-state index in [1.165, 1.54) is 5.56 Å². The molecule has 0 radical (unpaired) electrons. The third-order valence-corrected chi connectivity index (χ3v) is 6.89. The number of hydrogen-bond acceptors (Lipinski definition) is 4. The van der Waals surface area contributed by atoms with Crippen LogP contribution in [0.15, 0.2) is 72.8 Å². The van der Waals surface area contributed by atoms with E-state index in [-0.39, 0.29) is 12.0 Å². The Kier molecular flexibility index (Phi) is 6.01. The molecule has 0 spiro atoms. The smallest absolute Gasteiger partial charge is 0.336 e. The lowest BCUT2D eigenvalue weighted by Crippen LogP contribution is -2.30. The van der Waals surface area contributed by atoms with E-state index in [1.807, 2.05) is 56.3 Å². The fraction of sp³-hybridized carbons (Fsp3) is 0.276. The molecular formula is C29H29NO4. The maximum absolute atomic E-state index is 11.7. The summed E-state index contributed by atoms with van der Waals surface area (Å²) in [4.78, 5) is 11.7. The summed E-state index contributed by atoms with van der Waals surface area (Å²) < 4.78 is 12.1. The Morgan fingerprint density at radius 2 is 1.88 bits per heavy atom. The first-order valence-electron chi connectivity index (χ1n) is 11.8. The van der Waals surface area contributed by atoms with Crippen molar-refractivity contribution in [2.75, 3.05) is 11.9 Å². The van der Waals surface area contributed by atoms with Crippen molar-refractivity contribution < 1.29 is 19.4 Å². The molecule has 3 aromatic carbocycles. The maximum Gasteiger partial charge on any atom is 0.336 e. The molecule has 1 aliphatic heterocycles. The Bertz CT molecular complexity index is 1230. The van der Waals surface area contributed by atoms with Crippen LogP contribution in [0.5, 0.6) is 11.5 Å². The van der Waals surface area contributed by atoms with Gasteiger partial charge in [0.15, 0.2) is 11.5 Å². The number of ether oxygens (including phenoxy) is 2. The van der Waals surface area contributed by atoms with Crippen LogP contribution in [0.1, 0.15) is 57.9 Å². The molecule has 2 N–H and O–H groups in total. The summed E-state index contributed by atoms with van der Waals surface area (Å²) in [5.74, 6) is 1.15. The number of allylic oxidation sites excluding steroid dienone is 2. The quantitative estimate of drug-likeness (QED) is 0.398. The number of aromatic carboxylic acids is 1. The van der Waals surface area contributed by atoms with Gasteiger partial charge in [-0.1, -0.05) is 54.6 Å². The second-order valence-corrected chi connectivity index (χ2v) is 8.90. The molecule has 34 heavy (non-hydrogen) atoms. The number of fused-ring (bicyclic) bond motifs is 3. The fourth-order valence-electron chi connectivity index (χ4n) is 5.22. The van der Waals surface area contributed by atoms with Crippen molar-refractivity contribution in [3.05, 3.63) is 101 Å². The first kappa shape index (κ1) is 22.1. The van der Waals surface area contributed by atoms with E-state index in [4.69, 9.17) is 9.47 Å². The second-order valence-electron chi connectivity index (χ2n) is 8.90. The van der Waals surface area contributed by atoms with Gasteiger partial charge in [0, 0.05) is 11.6 Å². The zero-order valence-corrected chi connectivity index (χ0v) is 19.5. The SMILES string of the molecule is CCOc1cc([C@@H]2Nc3c(ccc(C(=O)O)c3C)[C@@H]3C=CC[C@@H]32)ccc1OCc1ccccc1. The monoisotopic (exact) mass is 455 g/mol. The molecule has 1 heterocycles. The summed E-state index contributed by atoms with van der Waals surface area (Å²) in [6.45, 7) is 4.87. The van der Waals surface area contributed by atoms with E-state index >= 15 is 0 Å². The molecule has 5 heteroatoms. The number of hydrogen-bond donors (Lipinski definition) is 2. The lowest BCUT2D eigenvalue weighted by molar-refractivity contribution is 0.0696. The highest BCUT2D eigenvalue weighted by Crippen LogP contribution is 2.51. The summed E-state index contributed by atoms with van der Waals surface area (Å²) in [5, 5.41) is 13.3. The molecule has 5 nitrogen and oxygen atoms in total. The number of benzene rings is 3. The Balaban J connectivity index is 1.48. The van der Waals surface area contributed by atoms with Crippen molar-refractivity contribution in [1.29, 1.82) is 0 Å². The number of carbonyl (C=O) groups is 1. The highest BCUT2D eigenvalue weighted by atomic mass is 16.5. The molecule has 0 bridgehead atoms. The van der Waals surface area contributed by atoms with E-state index < -0.39 is 5.97 Å². The number of nitrogens with one attached hydrogen (secondary N) is 1. The summed E-state index contributed by atoms with van der Waals surface area (Å²) in [7, 11) is 0. The van der Waals surface area contributed by atoms with Crippen molar-refractivity contribution in [3.63, 3.8) is 0 Å². The van der Waals surface area contributed by atoms with Crippen molar-refractivity contribution in [2.45, 2.75) is 38.8 Å². The fourth-order valence-corrected chi connectivity index (χ4v) is 5.22. The standard InChI is InChI=1S/C29H29NO4/c1-3-33-26-16-20(12-15-25(26)34-17-19-8-5-4-6-9-19)28-23-11-7-10-22(23)24-14-13-21(29(31)32)18(2)27(24)30-28/h4-10,12-16,22-23,28,30H,3,11,17H2,1-2H3,(H,31,32)/t22-,23+,28+/m1/s1. The lowest BCUT2D eigenvalue weighted by Gasteiger charge is -2.38. The van der Waals surface area contributed by atoms with Gasteiger partial charge >= 0.3 is 5.97 Å². The normalized spacial score (nSPS) is 20.2. The third-order valence-electron chi connectivity index (χ3n) is 6.89. The van der Waals surface area contributed by atoms with Crippen molar-refractivity contribution in [3.8, 4) is 11.5 Å². The van der Waals surface area contributed by atoms with Gasteiger partial charge in [-0.3, -0.25) is 0 Å². The highest BCUT2D eigenvalue weighted by Gasteiger charge is 2.39. The number of anilines is 1. The van der Waals surface area contributed by atoms with Crippen LogP contribution in [0.3, 0.4) is 0 Å². The minimum Gasteiger partial charge on any atom is -0.490 e. The average Bonchev–Trinajstić information content (AvgIpc) is 3.34. The van der Waals surface area contributed by atoms with E-state index in [9.17, 15) is 9.90 Å². The molecule has 3 aromatic rings. The van der Waals surface area contributed by atoms with Gasteiger partial charge in [0.2, 0.25) is 0 Å². The zero-order chi connectivity index (χ0) is 23.7. The zero-order valence-electron chi connectivity index (χ0n) is 19.5. The Hall–Kier alpha value is -3.73. The molecular weight excluding hydrogens is 426 g/mol. The lowest BCUT2D eigenvalue weighted by atomic mass is 9.76. The van der Waals surface area contributed by atoms with Gasteiger partial charge in [-0.25, -0.2) is 4.79 Å². The number of carboxylic acid groups (broad SMARTS) is 1. The predicted octanol–water partition coefficient (Wildman–Crippen LogP) is 6.50. The summed E-state index contributed by atoms with van der Waals surface area (Å²) >= 11 is 0. The van der Waals surface area contributed by atoms with Gasteiger partial charge in [0.25, 0.3) is 0 Å². The molecule has 2 aliphatic rings. The van der Waals surface area contributed by atoms with E-state index in [0.717, 1.165) is 40.3 Å². The summed E-state index contributed by atoms with van der Waals surface area (Å²) in [6.07, 6.45) is 5.47. The van der Waals surface area contributed by atoms with Crippen LogP contribution >= 0.6 is 0 Å². The van der Waals surface area contributed by atoms with Crippen LogP contribution in [0.2, 0.25) is 0 Å². The van der Waals surface area contributed by atoms with Crippen LogP contribution in [0.25, 0.3) is 0 Å². The Morgan fingerprint density at radius 1 is 1.06 bits per heavy atom. The second kappa shape index (κ2) is 9.26. The van der Waals surface area contributed by atoms with Gasteiger partial charge in [0.1, 0.15) is 6.61 Å². The van der Waals surface area contributed by atoms with Crippen LogP contribution in [0, 0.1) is 12.8 Å². The molecule has 0 aromatic heterocycles. The molecule has 0 saturated carbocycles. The largest absolute Gasteiger partial charge is 0.490 e. The van der Waals surface area contributed by atoms with Crippen molar-refractivity contribution >= 4 is 11.7 Å². The van der Waals surface area contributed by atoms with E-state index in [1.54, 1.807) is 6.07 Å². The van der Waals surface area contributed by atoms with Gasteiger partial charge < -0.3 is 19.9 Å².